The number of rotatable bonds is 12. The summed E-state index contributed by atoms with van der Waals surface area (Å²) in [5, 5.41) is 0. The SMILES string of the molecule is O=C(CC[NH+]1CCCCC1)OCC1C(c2ccccc2)C(COC(=O)CC[NH+]2CCCCC2)C1c1ccccc1.[Cl-].[Cl-]. The molecule has 2 aromatic rings. The van der Waals surface area contributed by atoms with Gasteiger partial charge in [0.25, 0.3) is 0 Å². The van der Waals surface area contributed by atoms with E-state index < -0.39 is 0 Å². The molecule has 0 bridgehead atoms. The Morgan fingerprint density at radius 3 is 1.29 bits per heavy atom. The molecule has 3 fully saturated rings. The summed E-state index contributed by atoms with van der Waals surface area (Å²) in [5.41, 5.74) is 2.46. The number of esters is 2. The summed E-state index contributed by atoms with van der Waals surface area (Å²) in [7, 11) is 0. The third kappa shape index (κ3) is 9.44. The number of nitrogens with one attached hydrogen (secondary N) is 2. The van der Waals surface area contributed by atoms with Gasteiger partial charge in [0.1, 0.15) is 0 Å². The van der Waals surface area contributed by atoms with Crippen molar-refractivity contribution in [3.63, 3.8) is 0 Å². The minimum absolute atomic E-state index is 0. The van der Waals surface area contributed by atoms with Crippen LogP contribution in [-0.4, -0.2) is 64.4 Å². The summed E-state index contributed by atoms with van der Waals surface area (Å²) in [6.07, 6.45) is 8.62. The third-order valence-electron chi connectivity index (χ3n) is 9.57. The molecule has 2 aliphatic heterocycles. The van der Waals surface area contributed by atoms with E-state index in [1.54, 1.807) is 0 Å². The average Bonchev–Trinajstić information content (AvgIpc) is 3.00. The van der Waals surface area contributed by atoms with Crippen molar-refractivity contribution in [1.29, 1.82) is 0 Å². The van der Waals surface area contributed by atoms with Crippen LogP contribution < -0.4 is 34.6 Å². The van der Waals surface area contributed by atoms with Gasteiger partial charge in [-0.3, -0.25) is 9.59 Å². The maximum atomic E-state index is 12.8. The summed E-state index contributed by atoms with van der Waals surface area (Å²) in [4.78, 5) is 28.7. The van der Waals surface area contributed by atoms with Crippen LogP contribution in [0.1, 0.15) is 74.3 Å². The van der Waals surface area contributed by atoms with Crippen molar-refractivity contribution >= 4 is 11.9 Å². The molecule has 0 amide bonds. The van der Waals surface area contributed by atoms with E-state index in [-0.39, 0.29) is 60.4 Å². The molecule has 8 heteroatoms. The van der Waals surface area contributed by atoms with Gasteiger partial charge in [0.05, 0.1) is 65.3 Å². The highest BCUT2D eigenvalue weighted by molar-refractivity contribution is 5.70. The van der Waals surface area contributed by atoms with Crippen molar-refractivity contribution in [1.82, 2.24) is 0 Å². The summed E-state index contributed by atoms with van der Waals surface area (Å²) in [5.74, 6) is 0.466. The molecule has 3 aliphatic rings. The van der Waals surface area contributed by atoms with Gasteiger partial charge >= 0.3 is 11.9 Å². The van der Waals surface area contributed by atoms with E-state index in [1.165, 1.54) is 85.6 Å². The van der Waals surface area contributed by atoms with E-state index >= 15 is 0 Å². The number of hydrogen-bond acceptors (Lipinski definition) is 4. The lowest BCUT2D eigenvalue weighted by Crippen LogP contribution is -3.12. The van der Waals surface area contributed by atoms with Crippen molar-refractivity contribution in [2.45, 2.75) is 63.2 Å². The number of likely N-dealkylation sites (tertiary alicyclic amines) is 2. The van der Waals surface area contributed by atoms with Crippen LogP contribution in [0.5, 0.6) is 0 Å². The minimum Gasteiger partial charge on any atom is -1.00 e. The first-order chi connectivity index (χ1) is 19.7. The number of quaternary nitrogens is 2. The number of hydrogen-bond donors (Lipinski definition) is 2. The van der Waals surface area contributed by atoms with Crippen LogP contribution >= 0.6 is 0 Å². The lowest BCUT2D eigenvalue weighted by atomic mass is 9.53. The molecule has 2 heterocycles. The lowest BCUT2D eigenvalue weighted by molar-refractivity contribution is -0.904. The predicted molar refractivity (Wildman–Crippen MR) is 155 cm³/mol. The molecular weight excluding hydrogens is 571 g/mol. The Kier molecular flexibility index (Phi) is 14.6. The summed E-state index contributed by atoms with van der Waals surface area (Å²) in [6.45, 7) is 7.20. The molecule has 6 nitrogen and oxygen atoms in total. The zero-order chi connectivity index (χ0) is 27.6. The fourth-order valence-electron chi connectivity index (χ4n) is 7.37. The fourth-order valence-corrected chi connectivity index (χ4v) is 7.37. The molecule has 2 aromatic carbocycles. The van der Waals surface area contributed by atoms with Gasteiger partial charge in [-0.25, -0.2) is 0 Å². The first-order valence-corrected chi connectivity index (χ1v) is 15.8. The Labute approximate surface area is 264 Å². The van der Waals surface area contributed by atoms with Gasteiger partial charge in [-0.05, 0) is 61.5 Å². The van der Waals surface area contributed by atoms with E-state index in [0.29, 0.717) is 26.1 Å². The first-order valence-electron chi connectivity index (χ1n) is 15.8. The summed E-state index contributed by atoms with van der Waals surface area (Å²) in [6, 6.07) is 21.0. The largest absolute Gasteiger partial charge is 1.00 e. The maximum Gasteiger partial charge on any atom is 0.311 e. The predicted octanol–water partition coefficient (Wildman–Crippen LogP) is -3.19. The fraction of sp³-hybridized carbons (Fsp3) is 0.588. The number of benzene rings is 2. The molecule has 2 N–H and O–H groups in total. The number of carbonyl (C=O) groups excluding carboxylic acids is 2. The molecule has 0 radical (unpaired) electrons. The second-order valence-corrected chi connectivity index (χ2v) is 12.2. The molecule has 5 rings (SSSR count). The van der Waals surface area contributed by atoms with Crippen LogP contribution in [0.15, 0.2) is 60.7 Å². The Morgan fingerprint density at radius 1 is 0.571 bits per heavy atom. The van der Waals surface area contributed by atoms with Crippen molar-refractivity contribution < 1.29 is 53.7 Å². The highest BCUT2D eigenvalue weighted by Crippen LogP contribution is 2.57. The molecule has 1 saturated carbocycles. The van der Waals surface area contributed by atoms with Crippen molar-refractivity contribution in [2.24, 2.45) is 11.8 Å². The molecule has 0 atom stereocenters. The molecule has 0 aromatic heterocycles. The summed E-state index contributed by atoms with van der Waals surface area (Å²) < 4.78 is 11.9. The second kappa shape index (κ2) is 17.9. The van der Waals surface area contributed by atoms with Crippen molar-refractivity contribution in [2.75, 3.05) is 52.5 Å². The second-order valence-electron chi connectivity index (χ2n) is 12.2. The Morgan fingerprint density at radius 2 is 0.929 bits per heavy atom. The topological polar surface area (TPSA) is 61.5 Å². The van der Waals surface area contributed by atoms with E-state index in [9.17, 15) is 9.59 Å². The van der Waals surface area contributed by atoms with Crippen molar-refractivity contribution in [3.8, 4) is 0 Å². The highest BCUT2D eigenvalue weighted by atomic mass is 35.5. The Bertz CT molecular complexity index is 968. The highest BCUT2D eigenvalue weighted by Gasteiger charge is 2.52. The average molecular weight is 620 g/mol. The number of carbonyl (C=O) groups is 2. The van der Waals surface area contributed by atoms with E-state index in [2.05, 4.69) is 48.5 Å². The van der Waals surface area contributed by atoms with E-state index in [1.807, 2.05) is 12.1 Å². The van der Waals surface area contributed by atoms with Crippen LogP contribution in [0.4, 0.5) is 0 Å². The molecule has 0 unspecified atom stereocenters. The number of halogens is 2. The van der Waals surface area contributed by atoms with Gasteiger partial charge in [0, 0.05) is 11.8 Å². The van der Waals surface area contributed by atoms with E-state index in [4.69, 9.17) is 9.47 Å². The standard InChI is InChI=1S/C34H46N2O4.2ClH/c37-31(17-23-35-19-9-3-10-20-35)39-25-29-33(27-13-5-1-6-14-27)30(34(29)28-15-7-2-8-16-28)26-40-32(38)18-24-36-21-11-4-12-22-36;;/h1-2,5-8,13-16,29-30,33-34H,3-4,9-12,17-26H2;2*1H. The quantitative estimate of drug-likeness (QED) is 0.246. The van der Waals surface area contributed by atoms with Crippen LogP contribution in [0.25, 0.3) is 0 Å². The van der Waals surface area contributed by atoms with E-state index in [0.717, 1.165) is 13.1 Å². The van der Waals surface area contributed by atoms with Gasteiger partial charge in [0.15, 0.2) is 0 Å². The smallest absolute Gasteiger partial charge is 0.311 e. The van der Waals surface area contributed by atoms with Gasteiger partial charge in [-0.15, -0.1) is 0 Å². The maximum absolute atomic E-state index is 12.8. The van der Waals surface area contributed by atoms with Crippen LogP contribution in [0.3, 0.4) is 0 Å². The van der Waals surface area contributed by atoms with Crippen LogP contribution in [0, 0.1) is 11.8 Å². The minimum atomic E-state index is -0.0909. The first kappa shape index (κ1) is 34.4. The van der Waals surface area contributed by atoms with Gasteiger partial charge in [0.2, 0.25) is 0 Å². The molecule has 42 heavy (non-hydrogen) atoms. The molecule has 1 aliphatic carbocycles. The third-order valence-corrected chi connectivity index (χ3v) is 9.57. The molecule has 232 valence electrons. The van der Waals surface area contributed by atoms with Crippen LogP contribution in [-0.2, 0) is 19.1 Å². The molecule has 2 saturated heterocycles. The molecule has 0 spiro atoms. The Hall–Kier alpha value is -2.12. The van der Waals surface area contributed by atoms with Gasteiger partial charge in [-0.1, -0.05) is 60.7 Å². The normalized spacial score (nSPS) is 24.4. The molecular formula is C34H48Cl2N2O4. The lowest BCUT2D eigenvalue weighted by Gasteiger charge is -2.52. The monoisotopic (exact) mass is 618 g/mol. The van der Waals surface area contributed by atoms with Gasteiger partial charge < -0.3 is 44.1 Å². The zero-order valence-corrected chi connectivity index (χ0v) is 26.3. The number of piperidine rings is 2. The summed E-state index contributed by atoms with van der Waals surface area (Å²) >= 11 is 0. The van der Waals surface area contributed by atoms with Crippen molar-refractivity contribution in [3.05, 3.63) is 71.8 Å². The zero-order valence-electron chi connectivity index (χ0n) is 24.8. The van der Waals surface area contributed by atoms with Crippen LogP contribution in [0.2, 0.25) is 0 Å². The van der Waals surface area contributed by atoms with Gasteiger partial charge in [-0.2, -0.15) is 0 Å². The Balaban J connectivity index is 0.00000242. The number of ether oxygens (including phenoxy) is 2.